The van der Waals surface area contributed by atoms with Gasteiger partial charge in [0.05, 0.1) is 12.1 Å². The summed E-state index contributed by atoms with van der Waals surface area (Å²) < 4.78 is 6.80. The number of hydrogen-bond donors (Lipinski definition) is 0. The number of hydrogen-bond acceptors (Lipinski definition) is 2. The Hall–Kier alpha value is -0.840. The summed E-state index contributed by atoms with van der Waals surface area (Å²) in [4.78, 5) is 4.40. The fraction of sp³-hybridized carbons (Fsp3) is 0.182. The first-order chi connectivity index (χ1) is 6.86. The number of rotatable bonds is 0. The van der Waals surface area contributed by atoms with Gasteiger partial charge >= 0.3 is 0 Å². The van der Waals surface area contributed by atoms with Crippen LogP contribution in [0.1, 0.15) is 5.56 Å². The van der Waals surface area contributed by atoms with E-state index in [2.05, 4.69) is 39.7 Å². The first-order valence-electron chi connectivity index (χ1n) is 4.55. The molecule has 70 valence electrons. The van der Waals surface area contributed by atoms with Gasteiger partial charge in [-0.05, 0) is 46.4 Å². The number of nitrogens with zero attached hydrogens (tertiary/aromatic N) is 1. The largest absolute Gasteiger partial charge is 0.493 e. The van der Waals surface area contributed by atoms with Crippen molar-refractivity contribution in [3.8, 4) is 5.75 Å². The summed E-state index contributed by atoms with van der Waals surface area (Å²) in [5, 5.41) is 1.20. The molecule has 2 heterocycles. The van der Waals surface area contributed by atoms with Crippen molar-refractivity contribution >= 4 is 33.5 Å². The molecule has 0 saturated carbocycles. The van der Waals surface area contributed by atoms with Gasteiger partial charge in [-0.2, -0.15) is 0 Å². The number of benzene rings is 1. The van der Waals surface area contributed by atoms with Crippen LogP contribution in [0.5, 0.6) is 5.75 Å². The Kier molecular flexibility index (Phi) is 1.87. The molecule has 0 amide bonds. The van der Waals surface area contributed by atoms with E-state index in [4.69, 9.17) is 4.74 Å². The number of halogens is 1. The number of aromatic nitrogens is 1. The van der Waals surface area contributed by atoms with E-state index in [9.17, 15) is 0 Å². The average Bonchev–Trinajstić information content (AvgIpc) is 2.24. The van der Waals surface area contributed by atoms with Crippen LogP contribution in [0, 0.1) is 3.57 Å². The molecular weight excluding hydrogens is 289 g/mol. The van der Waals surface area contributed by atoms with Crippen molar-refractivity contribution < 1.29 is 4.74 Å². The van der Waals surface area contributed by atoms with Crippen LogP contribution in [-0.4, -0.2) is 11.6 Å². The second kappa shape index (κ2) is 3.08. The summed E-state index contributed by atoms with van der Waals surface area (Å²) in [5.41, 5.74) is 2.43. The molecule has 1 aromatic carbocycles. The third kappa shape index (κ3) is 1.11. The summed E-state index contributed by atoms with van der Waals surface area (Å²) in [5.74, 6) is 0.981. The highest BCUT2D eigenvalue weighted by molar-refractivity contribution is 14.1. The van der Waals surface area contributed by atoms with Gasteiger partial charge in [-0.3, -0.25) is 4.98 Å². The van der Waals surface area contributed by atoms with Crippen LogP contribution in [0.4, 0.5) is 0 Å². The van der Waals surface area contributed by atoms with Crippen LogP contribution < -0.4 is 4.74 Å². The molecule has 1 aliphatic rings. The molecular formula is C11H8INO. The van der Waals surface area contributed by atoms with E-state index in [0.29, 0.717) is 0 Å². The molecule has 3 heteroatoms. The second-order valence-electron chi connectivity index (χ2n) is 3.34. The van der Waals surface area contributed by atoms with Crippen molar-refractivity contribution in [3.05, 3.63) is 33.5 Å². The maximum absolute atomic E-state index is 5.61. The topological polar surface area (TPSA) is 22.1 Å². The van der Waals surface area contributed by atoms with Crippen LogP contribution in [0.3, 0.4) is 0 Å². The Bertz CT molecular complexity index is 500. The van der Waals surface area contributed by atoms with Crippen molar-refractivity contribution in [1.29, 1.82) is 0 Å². The molecule has 0 aliphatic carbocycles. The molecule has 0 unspecified atom stereocenters. The Morgan fingerprint density at radius 3 is 3.14 bits per heavy atom. The maximum Gasteiger partial charge on any atom is 0.129 e. The highest BCUT2D eigenvalue weighted by atomic mass is 127. The smallest absolute Gasteiger partial charge is 0.129 e. The van der Waals surface area contributed by atoms with E-state index in [1.165, 1.54) is 14.5 Å². The fourth-order valence-electron chi connectivity index (χ4n) is 1.87. The van der Waals surface area contributed by atoms with E-state index in [1.54, 1.807) is 0 Å². The van der Waals surface area contributed by atoms with Crippen LogP contribution in [0.25, 0.3) is 10.9 Å². The lowest BCUT2D eigenvalue weighted by Gasteiger charge is -2.17. The van der Waals surface area contributed by atoms with Crippen molar-refractivity contribution in [2.75, 3.05) is 6.61 Å². The lowest BCUT2D eigenvalue weighted by atomic mass is 10.0. The minimum atomic E-state index is 0.784. The normalized spacial score (nSPS) is 14.1. The lowest BCUT2D eigenvalue weighted by Crippen LogP contribution is -2.09. The van der Waals surface area contributed by atoms with Gasteiger partial charge < -0.3 is 4.74 Å². The molecule has 1 aliphatic heterocycles. The van der Waals surface area contributed by atoms with Crippen molar-refractivity contribution in [2.24, 2.45) is 0 Å². The maximum atomic E-state index is 5.61. The Morgan fingerprint density at radius 1 is 1.29 bits per heavy atom. The number of ether oxygens (including phenoxy) is 1. The van der Waals surface area contributed by atoms with Crippen molar-refractivity contribution in [3.63, 3.8) is 0 Å². The molecule has 0 spiro atoms. The highest BCUT2D eigenvalue weighted by Crippen LogP contribution is 2.33. The summed E-state index contributed by atoms with van der Waals surface area (Å²) >= 11 is 2.31. The van der Waals surface area contributed by atoms with E-state index < -0.39 is 0 Å². The second-order valence-corrected chi connectivity index (χ2v) is 4.50. The van der Waals surface area contributed by atoms with Crippen LogP contribution in [0.2, 0.25) is 0 Å². The molecule has 14 heavy (non-hydrogen) atoms. The highest BCUT2D eigenvalue weighted by Gasteiger charge is 2.14. The first kappa shape index (κ1) is 8.47. The molecule has 2 aromatic rings. The summed E-state index contributed by atoms with van der Waals surface area (Å²) in [6.45, 7) is 0.784. The van der Waals surface area contributed by atoms with Crippen molar-refractivity contribution in [2.45, 2.75) is 6.42 Å². The molecule has 0 N–H and O–H groups in total. The molecule has 3 rings (SSSR count). The Labute approximate surface area is 95.4 Å². The minimum absolute atomic E-state index is 0.784. The Morgan fingerprint density at radius 2 is 2.21 bits per heavy atom. The molecule has 2 nitrogen and oxygen atoms in total. The van der Waals surface area contributed by atoms with Gasteiger partial charge in [0, 0.05) is 21.6 Å². The van der Waals surface area contributed by atoms with Gasteiger partial charge in [0.25, 0.3) is 0 Å². The van der Waals surface area contributed by atoms with E-state index in [0.717, 1.165) is 24.3 Å². The molecule has 1 aromatic heterocycles. The van der Waals surface area contributed by atoms with Gasteiger partial charge in [0.15, 0.2) is 0 Å². The van der Waals surface area contributed by atoms with Crippen LogP contribution in [-0.2, 0) is 6.42 Å². The Balaban J connectivity index is 2.51. The minimum Gasteiger partial charge on any atom is -0.493 e. The zero-order chi connectivity index (χ0) is 9.54. The van der Waals surface area contributed by atoms with Gasteiger partial charge in [-0.25, -0.2) is 0 Å². The van der Waals surface area contributed by atoms with E-state index >= 15 is 0 Å². The predicted molar refractivity (Wildman–Crippen MR) is 63.7 cm³/mol. The zero-order valence-electron chi connectivity index (χ0n) is 7.46. The molecule has 0 fully saturated rings. The number of pyridine rings is 1. The third-order valence-electron chi connectivity index (χ3n) is 2.52. The third-order valence-corrected chi connectivity index (χ3v) is 3.39. The SMILES string of the molecule is Ic1ccc2c3c(ccnc13)CCO2. The average molecular weight is 297 g/mol. The van der Waals surface area contributed by atoms with Crippen molar-refractivity contribution in [1.82, 2.24) is 4.98 Å². The van der Waals surface area contributed by atoms with Gasteiger partial charge in [0.2, 0.25) is 0 Å². The molecule has 0 radical (unpaired) electrons. The summed E-state index contributed by atoms with van der Waals surface area (Å²) in [7, 11) is 0. The monoisotopic (exact) mass is 297 g/mol. The van der Waals surface area contributed by atoms with Gasteiger partial charge in [0.1, 0.15) is 5.75 Å². The first-order valence-corrected chi connectivity index (χ1v) is 5.63. The summed E-state index contributed by atoms with van der Waals surface area (Å²) in [6, 6.07) is 6.18. The fourth-order valence-corrected chi connectivity index (χ4v) is 2.46. The molecule has 0 bridgehead atoms. The summed E-state index contributed by atoms with van der Waals surface area (Å²) in [6.07, 6.45) is 2.88. The van der Waals surface area contributed by atoms with Crippen LogP contribution in [0.15, 0.2) is 24.4 Å². The van der Waals surface area contributed by atoms with Gasteiger partial charge in [-0.15, -0.1) is 0 Å². The standard InChI is InChI=1S/C11H8INO/c12-8-1-2-9-10-7(4-6-14-9)3-5-13-11(8)10/h1-3,5H,4,6H2. The molecule has 0 saturated heterocycles. The zero-order valence-corrected chi connectivity index (χ0v) is 9.61. The molecule has 0 atom stereocenters. The van der Waals surface area contributed by atoms with Gasteiger partial charge in [-0.1, -0.05) is 0 Å². The van der Waals surface area contributed by atoms with E-state index in [-0.39, 0.29) is 0 Å². The quantitative estimate of drug-likeness (QED) is 0.698. The van der Waals surface area contributed by atoms with E-state index in [1.807, 2.05) is 12.3 Å². The van der Waals surface area contributed by atoms with Crippen LogP contribution >= 0.6 is 22.6 Å². The predicted octanol–water partition coefficient (Wildman–Crippen LogP) is 2.77. The lowest BCUT2D eigenvalue weighted by molar-refractivity contribution is 0.318.